The van der Waals surface area contributed by atoms with Gasteiger partial charge < -0.3 is 11.1 Å². The molecule has 0 aliphatic heterocycles. The molecular formula is C13H18ClN5O. The van der Waals surface area contributed by atoms with Crippen LogP contribution in [0.2, 0.25) is 0 Å². The number of hydrogen-bond acceptors (Lipinski definition) is 4. The summed E-state index contributed by atoms with van der Waals surface area (Å²) in [7, 11) is 1.88. The first kappa shape index (κ1) is 16.0. The molecule has 7 heteroatoms. The predicted octanol–water partition coefficient (Wildman–Crippen LogP) is 1.37. The van der Waals surface area contributed by atoms with Crippen molar-refractivity contribution in [2.45, 2.75) is 20.4 Å². The molecule has 108 valence electrons. The van der Waals surface area contributed by atoms with E-state index in [9.17, 15) is 4.79 Å². The number of nitrogens with zero attached hydrogens (tertiary/aromatic N) is 3. The Labute approximate surface area is 123 Å². The highest BCUT2D eigenvalue weighted by atomic mass is 35.5. The number of anilines is 1. The molecule has 0 radical (unpaired) electrons. The van der Waals surface area contributed by atoms with Crippen LogP contribution in [0.4, 0.5) is 5.69 Å². The molecule has 0 aromatic carbocycles. The fourth-order valence-electron chi connectivity index (χ4n) is 1.87. The van der Waals surface area contributed by atoms with Gasteiger partial charge in [-0.2, -0.15) is 5.10 Å². The second-order valence-electron chi connectivity index (χ2n) is 4.43. The van der Waals surface area contributed by atoms with Crippen LogP contribution in [0.3, 0.4) is 0 Å². The van der Waals surface area contributed by atoms with E-state index in [0.29, 0.717) is 17.9 Å². The van der Waals surface area contributed by atoms with Crippen molar-refractivity contribution < 1.29 is 4.79 Å². The van der Waals surface area contributed by atoms with Crippen LogP contribution in [0.25, 0.3) is 0 Å². The second-order valence-corrected chi connectivity index (χ2v) is 4.43. The number of aryl methyl sites for hydroxylation is 2. The third-order valence-electron chi connectivity index (χ3n) is 3.10. The average molecular weight is 296 g/mol. The van der Waals surface area contributed by atoms with Gasteiger partial charge in [-0.05, 0) is 26.0 Å². The Morgan fingerprint density at radius 2 is 2.10 bits per heavy atom. The Balaban J connectivity index is 0.00000200. The number of carbonyl (C=O) groups excluding carboxylic acids is 1. The molecule has 1 amide bonds. The summed E-state index contributed by atoms with van der Waals surface area (Å²) in [4.78, 5) is 15.9. The lowest BCUT2D eigenvalue weighted by atomic mass is 10.2. The maximum atomic E-state index is 11.9. The van der Waals surface area contributed by atoms with Gasteiger partial charge in [0.25, 0.3) is 5.91 Å². The van der Waals surface area contributed by atoms with Gasteiger partial charge in [0, 0.05) is 24.8 Å². The van der Waals surface area contributed by atoms with E-state index >= 15 is 0 Å². The van der Waals surface area contributed by atoms with Gasteiger partial charge in [0.1, 0.15) is 5.69 Å². The minimum Gasteiger partial charge on any atom is -0.397 e. The smallest absolute Gasteiger partial charge is 0.270 e. The van der Waals surface area contributed by atoms with Crippen molar-refractivity contribution in [3.8, 4) is 0 Å². The summed E-state index contributed by atoms with van der Waals surface area (Å²) in [5, 5.41) is 7.14. The highest BCUT2D eigenvalue weighted by Crippen LogP contribution is 2.11. The van der Waals surface area contributed by atoms with E-state index in [-0.39, 0.29) is 18.3 Å². The van der Waals surface area contributed by atoms with E-state index in [0.717, 1.165) is 17.0 Å². The minimum absolute atomic E-state index is 0. The van der Waals surface area contributed by atoms with Crippen molar-refractivity contribution in [2.24, 2.45) is 7.05 Å². The molecule has 2 aromatic rings. The summed E-state index contributed by atoms with van der Waals surface area (Å²) in [6.07, 6.45) is 1.47. The van der Waals surface area contributed by atoms with Crippen LogP contribution >= 0.6 is 12.4 Å². The fraction of sp³-hybridized carbons (Fsp3) is 0.308. The molecule has 2 heterocycles. The first-order valence-corrected chi connectivity index (χ1v) is 5.98. The van der Waals surface area contributed by atoms with Crippen LogP contribution < -0.4 is 11.1 Å². The third-order valence-corrected chi connectivity index (χ3v) is 3.10. The van der Waals surface area contributed by atoms with Gasteiger partial charge in [0.2, 0.25) is 0 Å². The quantitative estimate of drug-likeness (QED) is 0.895. The average Bonchev–Trinajstić information content (AvgIpc) is 2.62. The van der Waals surface area contributed by atoms with Gasteiger partial charge in [-0.3, -0.25) is 9.48 Å². The van der Waals surface area contributed by atoms with E-state index in [1.807, 2.05) is 20.9 Å². The van der Waals surface area contributed by atoms with Crippen molar-refractivity contribution in [1.29, 1.82) is 0 Å². The zero-order valence-corrected chi connectivity index (χ0v) is 12.5. The summed E-state index contributed by atoms with van der Waals surface area (Å²) < 4.78 is 1.80. The Hall–Kier alpha value is -2.08. The predicted molar refractivity (Wildman–Crippen MR) is 79.7 cm³/mol. The Morgan fingerprint density at radius 1 is 1.40 bits per heavy atom. The molecule has 0 saturated heterocycles. The number of nitrogens with two attached hydrogens (primary N) is 1. The number of rotatable bonds is 3. The number of carbonyl (C=O) groups is 1. The SMILES string of the molecule is Cc1nn(C)c(C)c1CNC(=O)c1ccc(N)cn1.Cl. The van der Waals surface area contributed by atoms with Crippen LogP contribution in [0.1, 0.15) is 27.4 Å². The van der Waals surface area contributed by atoms with E-state index in [1.165, 1.54) is 6.20 Å². The Bertz CT molecular complexity index is 606. The molecule has 0 aliphatic rings. The highest BCUT2D eigenvalue weighted by molar-refractivity contribution is 5.92. The zero-order valence-electron chi connectivity index (χ0n) is 11.7. The molecule has 6 nitrogen and oxygen atoms in total. The number of amides is 1. The van der Waals surface area contributed by atoms with Crippen LogP contribution in [0.5, 0.6) is 0 Å². The molecule has 0 fully saturated rings. The molecule has 0 bridgehead atoms. The Kier molecular flexibility index (Phi) is 5.10. The largest absolute Gasteiger partial charge is 0.397 e. The van der Waals surface area contributed by atoms with Gasteiger partial charge in [0.05, 0.1) is 17.6 Å². The standard InChI is InChI=1S/C13H17N5O.ClH/c1-8-11(9(2)18(3)17-8)7-16-13(19)12-5-4-10(14)6-15-12;/h4-6H,7,14H2,1-3H3,(H,16,19);1H. The minimum atomic E-state index is -0.220. The molecule has 0 unspecified atom stereocenters. The summed E-state index contributed by atoms with van der Waals surface area (Å²) in [5.41, 5.74) is 9.42. The molecular weight excluding hydrogens is 278 g/mol. The Morgan fingerprint density at radius 3 is 2.60 bits per heavy atom. The van der Waals surface area contributed by atoms with Crippen molar-refractivity contribution in [3.63, 3.8) is 0 Å². The van der Waals surface area contributed by atoms with E-state index < -0.39 is 0 Å². The molecule has 0 aliphatic carbocycles. The monoisotopic (exact) mass is 295 g/mol. The van der Waals surface area contributed by atoms with Crippen LogP contribution in [0.15, 0.2) is 18.3 Å². The molecule has 0 atom stereocenters. The first-order valence-electron chi connectivity index (χ1n) is 5.98. The number of nitrogen functional groups attached to an aromatic ring is 1. The number of halogens is 1. The lowest BCUT2D eigenvalue weighted by molar-refractivity contribution is 0.0946. The van der Waals surface area contributed by atoms with Crippen molar-refractivity contribution in [2.75, 3.05) is 5.73 Å². The molecule has 2 rings (SSSR count). The lowest BCUT2D eigenvalue weighted by Gasteiger charge is -2.05. The third kappa shape index (κ3) is 3.27. The van der Waals surface area contributed by atoms with Gasteiger partial charge >= 0.3 is 0 Å². The topological polar surface area (TPSA) is 85.8 Å². The number of pyridine rings is 1. The summed E-state index contributed by atoms with van der Waals surface area (Å²) >= 11 is 0. The second kappa shape index (κ2) is 6.38. The normalized spacial score (nSPS) is 9.95. The maximum absolute atomic E-state index is 11.9. The summed E-state index contributed by atoms with van der Waals surface area (Å²) in [6.45, 7) is 4.34. The number of hydrogen-bond donors (Lipinski definition) is 2. The van der Waals surface area contributed by atoms with Crippen molar-refractivity contribution >= 4 is 24.0 Å². The lowest BCUT2D eigenvalue weighted by Crippen LogP contribution is -2.24. The van der Waals surface area contributed by atoms with Gasteiger partial charge in [-0.15, -0.1) is 12.4 Å². The van der Waals surface area contributed by atoms with Gasteiger partial charge in [-0.25, -0.2) is 4.98 Å². The van der Waals surface area contributed by atoms with E-state index in [2.05, 4.69) is 15.4 Å². The zero-order chi connectivity index (χ0) is 14.0. The fourth-order valence-corrected chi connectivity index (χ4v) is 1.87. The van der Waals surface area contributed by atoms with Gasteiger partial charge in [0.15, 0.2) is 0 Å². The number of nitrogens with one attached hydrogen (secondary N) is 1. The summed E-state index contributed by atoms with van der Waals surface area (Å²) in [5.74, 6) is -0.220. The first-order chi connectivity index (χ1) is 8.99. The van der Waals surface area contributed by atoms with E-state index in [4.69, 9.17) is 5.73 Å². The molecule has 0 saturated carbocycles. The van der Waals surface area contributed by atoms with E-state index in [1.54, 1.807) is 16.8 Å². The molecule has 0 spiro atoms. The molecule has 3 N–H and O–H groups in total. The van der Waals surface area contributed by atoms with Crippen LogP contribution in [-0.2, 0) is 13.6 Å². The van der Waals surface area contributed by atoms with Crippen LogP contribution in [0, 0.1) is 13.8 Å². The highest BCUT2D eigenvalue weighted by Gasteiger charge is 2.12. The maximum Gasteiger partial charge on any atom is 0.270 e. The van der Waals surface area contributed by atoms with Crippen molar-refractivity contribution in [1.82, 2.24) is 20.1 Å². The number of aromatic nitrogens is 3. The summed E-state index contributed by atoms with van der Waals surface area (Å²) in [6, 6.07) is 3.26. The van der Waals surface area contributed by atoms with Gasteiger partial charge in [-0.1, -0.05) is 0 Å². The van der Waals surface area contributed by atoms with Crippen molar-refractivity contribution in [3.05, 3.63) is 41.0 Å². The molecule has 2 aromatic heterocycles. The van der Waals surface area contributed by atoms with Crippen LogP contribution in [-0.4, -0.2) is 20.7 Å². The molecule has 20 heavy (non-hydrogen) atoms.